The molecule has 1 saturated heterocycles. The summed E-state index contributed by atoms with van der Waals surface area (Å²) >= 11 is 0. The Morgan fingerprint density at radius 3 is 2.59 bits per heavy atom. The molecule has 2 amide bonds. The van der Waals surface area contributed by atoms with Crippen LogP contribution >= 0.6 is 12.4 Å². The van der Waals surface area contributed by atoms with Gasteiger partial charge in [-0.15, -0.1) is 12.4 Å². The quantitative estimate of drug-likeness (QED) is 0.872. The van der Waals surface area contributed by atoms with Gasteiger partial charge in [0.2, 0.25) is 5.91 Å². The number of nitrogens with zero attached hydrogens (tertiary/aromatic N) is 1. The number of aryl methyl sites for hydroxylation is 1. The lowest BCUT2D eigenvalue weighted by Crippen LogP contribution is -2.29. The second-order valence-corrected chi connectivity index (χ2v) is 5.44. The number of nitrogens with two attached hydrogens (primary N) is 1. The molecule has 0 saturated carbocycles. The number of rotatable bonds is 5. The number of carbonyl (C=O) groups excluding carboxylic acids is 2. The molecule has 1 aromatic carbocycles. The van der Waals surface area contributed by atoms with E-state index in [0.717, 1.165) is 31.5 Å². The number of hydrogen-bond donors (Lipinski definition) is 2. The Bertz CT molecular complexity index is 528. The van der Waals surface area contributed by atoms with Gasteiger partial charge in [0.1, 0.15) is 0 Å². The van der Waals surface area contributed by atoms with E-state index in [4.69, 9.17) is 5.73 Å². The van der Waals surface area contributed by atoms with Crippen molar-refractivity contribution in [1.29, 1.82) is 0 Å². The van der Waals surface area contributed by atoms with E-state index in [-0.39, 0.29) is 24.2 Å². The summed E-state index contributed by atoms with van der Waals surface area (Å²) in [6.07, 6.45) is 3.13. The minimum Gasteiger partial charge on any atom is -0.339 e. The predicted octanol–water partition coefficient (Wildman–Crippen LogP) is 2.33. The first-order chi connectivity index (χ1) is 10.1. The molecule has 1 aliphatic heterocycles. The monoisotopic (exact) mass is 325 g/mol. The number of benzene rings is 1. The topological polar surface area (TPSA) is 75.4 Å². The molecule has 0 aromatic heterocycles. The molecule has 0 radical (unpaired) electrons. The Balaban J connectivity index is 0.00000242. The standard InChI is InChI=1S/C16H23N3O2.ClH/c1-12-6-4-7-13(18-14(20)8-5-9-17)15(12)16(21)19-10-2-3-11-19;/h4,6-7H,2-3,5,8-11,17H2,1H3,(H,18,20);1H. The molecule has 0 unspecified atom stereocenters. The van der Waals surface area contributed by atoms with E-state index in [1.807, 2.05) is 24.0 Å². The van der Waals surface area contributed by atoms with Crippen LogP contribution in [0.5, 0.6) is 0 Å². The van der Waals surface area contributed by atoms with Crippen LogP contribution in [-0.4, -0.2) is 36.3 Å². The highest BCUT2D eigenvalue weighted by atomic mass is 35.5. The second-order valence-electron chi connectivity index (χ2n) is 5.44. The van der Waals surface area contributed by atoms with Crippen molar-refractivity contribution in [3.05, 3.63) is 29.3 Å². The summed E-state index contributed by atoms with van der Waals surface area (Å²) in [5.74, 6) is -0.0822. The fourth-order valence-corrected chi connectivity index (χ4v) is 2.61. The summed E-state index contributed by atoms with van der Waals surface area (Å²) in [6.45, 7) is 3.99. The molecule has 22 heavy (non-hydrogen) atoms. The average molecular weight is 326 g/mol. The predicted molar refractivity (Wildman–Crippen MR) is 90.5 cm³/mol. The van der Waals surface area contributed by atoms with Gasteiger partial charge < -0.3 is 16.0 Å². The SMILES string of the molecule is Cc1cccc(NC(=O)CCCN)c1C(=O)N1CCCC1.Cl. The van der Waals surface area contributed by atoms with Gasteiger partial charge >= 0.3 is 0 Å². The van der Waals surface area contributed by atoms with Crippen LogP contribution in [0.15, 0.2) is 18.2 Å². The highest BCUT2D eigenvalue weighted by Gasteiger charge is 2.23. The fraction of sp³-hybridized carbons (Fsp3) is 0.500. The molecule has 1 heterocycles. The summed E-state index contributed by atoms with van der Waals surface area (Å²) < 4.78 is 0. The molecular weight excluding hydrogens is 302 g/mol. The highest BCUT2D eigenvalue weighted by molar-refractivity contribution is 6.04. The van der Waals surface area contributed by atoms with Crippen molar-refractivity contribution in [3.63, 3.8) is 0 Å². The first kappa shape index (κ1) is 18.5. The van der Waals surface area contributed by atoms with Crippen LogP contribution in [0.1, 0.15) is 41.6 Å². The summed E-state index contributed by atoms with van der Waals surface area (Å²) in [6, 6.07) is 5.55. The van der Waals surface area contributed by atoms with Crippen molar-refractivity contribution in [2.45, 2.75) is 32.6 Å². The van der Waals surface area contributed by atoms with Crippen LogP contribution in [0.3, 0.4) is 0 Å². The van der Waals surface area contributed by atoms with Crippen molar-refractivity contribution >= 4 is 29.9 Å². The number of halogens is 1. The van der Waals surface area contributed by atoms with Gasteiger partial charge in [-0.05, 0) is 44.4 Å². The van der Waals surface area contributed by atoms with Crippen molar-refractivity contribution in [3.8, 4) is 0 Å². The number of likely N-dealkylation sites (tertiary alicyclic amines) is 1. The third-order valence-electron chi connectivity index (χ3n) is 3.76. The normalized spacial score (nSPS) is 13.6. The summed E-state index contributed by atoms with van der Waals surface area (Å²) in [5, 5.41) is 2.85. The molecule has 0 bridgehead atoms. The van der Waals surface area contributed by atoms with Crippen LogP contribution in [0.4, 0.5) is 5.69 Å². The van der Waals surface area contributed by atoms with E-state index in [2.05, 4.69) is 5.32 Å². The van der Waals surface area contributed by atoms with Crippen LogP contribution in [-0.2, 0) is 4.79 Å². The van der Waals surface area contributed by atoms with Crippen molar-refractivity contribution in [2.24, 2.45) is 5.73 Å². The maximum Gasteiger partial charge on any atom is 0.256 e. The van der Waals surface area contributed by atoms with Crippen LogP contribution < -0.4 is 11.1 Å². The van der Waals surface area contributed by atoms with E-state index in [0.29, 0.717) is 30.6 Å². The number of nitrogens with one attached hydrogen (secondary N) is 1. The lowest BCUT2D eigenvalue weighted by Gasteiger charge is -2.19. The smallest absolute Gasteiger partial charge is 0.256 e. The Labute approximate surface area is 137 Å². The molecule has 2 rings (SSSR count). The molecule has 122 valence electrons. The highest BCUT2D eigenvalue weighted by Crippen LogP contribution is 2.23. The van der Waals surface area contributed by atoms with Crippen LogP contribution in [0, 0.1) is 6.92 Å². The summed E-state index contributed by atoms with van der Waals surface area (Å²) in [7, 11) is 0. The number of hydrogen-bond acceptors (Lipinski definition) is 3. The zero-order valence-electron chi connectivity index (χ0n) is 12.9. The largest absolute Gasteiger partial charge is 0.339 e. The maximum atomic E-state index is 12.6. The Morgan fingerprint density at radius 1 is 1.27 bits per heavy atom. The van der Waals surface area contributed by atoms with Crippen molar-refractivity contribution in [1.82, 2.24) is 4.90 Å². The molecule has 1 fully saturated rings. The molecule has 0 spiro atoms. The summed E-state index contributed by atoms with van der Waals surface area (Å²) in [5.41, 5.74) is 7.52. The second kappa shape index (κ2) is 8.76. The zero-order chi connectivity index (χ0) is 15.2. The summed E-state index contributed by atoms with van der Waals surface area (Å²) in [4.78, 5) is 26.4. The lowest BCUT2D eigenvalue weighted by atomic mass is 10.0. The molecule has 1 aliphatic rings. The minimum atomic E-state index is -0.0958. The fourth-order valence-electron chi connectivity index (χ4n) is 2.61. The van der Waals surface area contributed by atoms with Crippen LogP contribution in [0.25, 0.3) is 0 Å². The van der Waals surface area contributed by atoms with Gasteiger partial charge in [0.25, 0.3) is 5.91 Å². The Kier molecular flexibility index (Phi) is 7.35. The molecule has 6 heteroatoms. The number of carbonyl (C=O) groups is 2. The van der Waals surface area contributed by atoms with Gasteiger partial charge in [0.15, 0.2) is 0 Å². The average Bonchev–Trinajstić information content (AvgIpc) is 2.99. The number of anilines is 1. The van der Waals surface area contributed by atoms with Gasteiger partial charge in [-0.1, -0.05) is 12.1 Å². The van der Waals surface area contributed by atoms with Crippen molar-refractivity contribution < 1.29 is 9.59 Å². The van der Waals surface area contributed by atoms with Gasteiger partial charge in [0, 0.05) is 19.5 Å². The molecule has 3 N–H and O–H groups in total. The first-order valence-electron chi connectivity index (χ1n) is 7.52. The van der Waals surface area contributed by atoms with E-state index < -0.39 is 0 Å². The van der Waals surface area contributed by atoms with Gasteiger partial charge in [-0.3, -0.25) is 9.59 Å². The molecule has 1 aromatic rings. The Hall–Kier alpha value is -1.59. The van der Waals surface area contributed by atoms with Gasteiger partial charge in [-0.2, -0.15) is 0 Å². The van der Waals surface area contributed by atoms with Gasteiger partial charge in [-0.25, -0.2) is 0 Å². The van der Waals surface area contributed by atoms with E-state index in [1.54, 1.807) is 6.07 Å². The lowest BCUT2D eigenvalue weighted by molar-refractivity contribution is -0.116. The van der Waals surface area contributed by atoms with Crippen LogP contribution in [0.2, 0.25) is 0 Å². The zero-order valence-corrected chi connectivity index (χ0v) is 13.7. The maximum absolute atomic E-state index is 12.6. The third-order valence-corrected chi connectivity index (χ3v) is 3.76. The Morgan fingerprint density at radius 2 is 1.95 bits per heavy atom. The minimum absolute atomic E-state index is 0. The third kappa shape index (κ3) is 4.45. The van der Waals surface area contributed by atoms with E-state index >= 15 is 0 Å². The number of amides is 2. The molecule has 5 nitrogen and oxygen atoms in total. The molecular formula is C16H24ClN3O2. The molecule has 0 atom stereocenters. The van der Waals surface area contributed by atoms with E-state index in [1.165, 1.54) is 0 Å². The van der Waals surface area contributed by atoms with E-state index in [9.17, 15) is 9.59 Å². The van der Waals surface area contributed by atoms with Gasteiger partial charge in [0.05, 0.1) is 11.3 Å². The van der Waals surface area contributed by atoms with Crippen molar-refractivity contribution in [2.75, 3.05) is 25.0 Å². The first-order valence-corrected chi connectivity index (χ1v) is 7.52. The molecule has 0 aliphatic carbocycles.